The van der Waals surface area contributed by atoms with Gasteiger partial charge in [-0.25, -0.2) is 4.98 Å². The van der Waals surface area contributed by atoms with Crippen molar-refractivity contribution in [1.29, 1.82) is 0 Å². The van der Waals surface area contributed by atoms with Crippen LogP contribution in [0, 0.1) is 0 Å². The molecule has 1 aliphatic heterocycles. The molecular formula is C9H14N2S. The zero-order chi connectivity index (χ0) is 8.55. The molecule has 3 heteroatoms. The molecule has 0 saturated carbocycles. The molecule has 0 bridgehead atoms. The lowest BCUT2D eigenvalue weighted by molar-refractivity contribution is 0.205. The summed E-state index contributed by atoms with van der Waals surface area (Å²) < 4.78 is 0. The number of hydrogen-bond donors (Lipinski definition) is 0. The largest absolute Gasteiger partial charge is 0.295 e. The van der Waals surface area contributed by atoms with Crippen LogP contribution in [0.5, 0.6) is 0 Å². The van der Waals surface area contributed by atoms with Crippen LogP contribution >= 0.6 is 11.3 Å². The number of nitrogens with zero attached hydrogens (tertiary/aromatic N) is 2. The van der Waals surface area contributed by atoms with Gasteiger partial charge in [0.2, 0.25) is 0 Å². The van der Waals surface area contributed by atoms with Gasteiger partial charge in [-0.3, -0.25) is 4.90 Å². The Morgan fingerprint density at radius 2 is 2.42 bits per heavy atom. The maximum Gasteiger partial charge on any atom is 0.0798 e. The van der Waals surface area contributed by atoms with Gasteiger partial charge in [-0.1, -0.05) is 0 Å². The third-order valence-electron chi connectivity index (χ3n) is 2.44. The lowest BCUT2D eigenvalue weighted by atomic mass is 10.1. The Bertz CT molecular complexity index is 267. The Kier molecular flexibility index (Phi) is 2.15. The Morgan fingerprint density at radius 1 is 1.58 bits per heavy atom. The van der Waals surface area contributed by atoms with Crippen LogP contribution in [0.2, 0.25) is 0 Å². The topological polar surface area (TPSA) is 16.1 Å². The van der Waals surface area contributed by atoms with Gasteiger partial charge in [-0.05, 0) is 13.8 Å². The van der Waals surface area contributed by atoms with Gasteiger partial charge < -0.3 is 0 Å². The van der Waals surface area contributed by atoms with Crippen LogP contribution in [0.25, 0.3) is 0 Å². The molecule has 12 heavy (non-hydrogen) atoms. The van der Waals surface area contributed by atoms with Crippen molar-refractivity contribution >= 4 is 11.3 Å². The predicted octanol–water partition coefficient (Wildman–Crippen LogP) is 1.91. The molecule has 1 aromatic heterocycles. The maximum atomic E-state index is 4.34. The van der Waals surface area contributed by atoms with Crippen LogP contribution in [0.15, 0.2) is 5.51 Å². The van der Waals surface area contributed by atoms with E-state index in [1.165, 1.54) is 17.1 Å². The van der Waals surface area contributed by atoms with Gasteiger partial charge in [0, 0.05) is 30.4 Å². The fourth-order valence-corrected chi connectivity index (χ4v) is 2.42. The highest BCUT2D eigenvalue weighted by Gasteiger charge is 2.19. The molecule has 66 valence electrons. The summed E-state index contributed by atoms with van der Waals surface area (Å²) in [4.78, 5) is 8.31. The lowest BCUT2D eigenvalue weighted by Gasteiger charge is -2.29. The Balaban J connectivity index is 2.15. The van der Waals surface area contributed by atoms with Crippen molar-refractivity contribution in [2.45, 2.75) is 32.9 Å². The van der Waals surface area contributed by atoms with Crippen LogP contribution < -0.4 is 0 Å². The number of fused-ring (bicyclic) bond motifs is 1. The summed E-state index contributed by atoms with van der Waals surface area (Å²) in [5, 5.41) is 0. The fraction of sp³-hybridized carbons (Fsp3) is 0.667. The van der Waals surface area contributed by atoms with E-state index in [1.807, 2.05) is 5.51 Å². The van der Waals surface area contributed by atoms with Crippen LogP contribution in [0.1, 0.15) is 24.4 Å². The van der Waals surface area contributed by atoms with E-state index in [0.717, 1.165) is 13.0 Å². The zero-order valence-electron chi connectivity index (χ0n) is 7.58. The third-order valence-corrected chi connectivity index (χ3v) is 3.30. The molecule has 1 aliphatic rings. The van der Waals surface area contributed by atoms with E-state index in [2.05, 4.69) is 23.7 Å². The van der Waals surface area contributed by atoms with Crippen LogP contribution in [0.3, 0.4) is 0 Å². The van der Waals surface area contributed by atoms with Crippen molar-refractivity contribution in [2.24, 2.45) is 0 Å². The average molecular weight is 182 g/mol. The van der Waals surface area contributed by atoms with Crippen LogP contribution in [0.4, 0.5) is 0 Å². The first-order valence-electron chi connectivity index (χ1n) is 4.42. The molecule has 0 spiro atoms. The Hall–Kier alpha value is -0.410. The van der Waals surface area contributed by atoms with E-state index in [1.54, 1.807) is 11.3 Å². The molecule has 2 nitrogen and oxygen atoms in total. The summed E-state index contributed by atoms with van der Waals surface area (Å²) in [6, 6.07) is 0.667. The first kappa shape index (κ1) is 8.20. The van der Waals surface area contributed by atoms with Crippen molar-refractivity contribution in [3.63, 3.8) is 0 Å². The molecule has 0 aliphatic carbocycles. The van der Waals surface area contributed by atoms with E-state index in [4.69, 9.17) is 0 Å². The molecule has 2 rings (SSSR count). The molecule has 0 atom stereocenters. The normalized spacial score (nSPS) is 18.2. The monoisotopic (exact) mass is 182 g/mol. The first-order valence-corrected chi connectivity index (χ1v) is 5.30. The van der Waals surface area contributed by atoms with E-state index in [9.17, 15) is 0 Å². The second kappa shape index (κ2) is 3.15. The second-order valence-electron chi connectivity index (χ2n) is 3.54. The Morgan fingerprint density at radius 3 is 3.17 bits per heavy atom. The van der Waals surface area contributed by atoms with E-state index < -0.39 is 0 Å². The average Bonchev–Trinajstić information content (AvgIpc) is 2.49. The SMILES string of the molecule is CC(C)N1CCc2ncsc2C1. The zero-order valence-corrected chi connectivity index (χ0v) is 8.40. The fourth-order valence-electron chi connectivity index (χ4n) is 1.58. The van der Waals surface area contributed by atoms with Gasteiger partial charge in [0.15, 0.2) is 0 Å². The van der Waals surface area contributed by atoms with Crippen LogP contribution in [-0.4, -0.2) is 22.5 Å². The van der Waals surface area contributed by atoms with Crippen molar-refractivity contribution in [2.75, 3.05) is 6.54 Å². The quantitative estimate of drug-likeness (QED) is 0.659. The Labute approximate surface area is 77.2 Å². The summed E-state index contributed by atoms with van der Waals surface area (Å²) in [5.41, 5.74) is 3.30. The van der Waals surface area contributed by atoms with Crippen molar-refractivity contribution in [3.05, 3.63) is 16.1 Å². The summed E-state index contributed by atoms with van der Waals surface area (Å²) in [5.74, 6) is 0. The summed E-state index contributed by atoms with van der Waals surface area (Å²) in [6.45, 7) is 6.80. The highest BCUT2D eigenvalue weighted by atomic mass is 32.1. The summed E-state index contributed by atoms with van der Waals surface area (Å²) in [7, 11) is 0. The third kappa shape index (κ3) is 1.39. The lowest BCUT2D eigenvalue weighted by Crippen LogP contribution is -2.35. The summed E-state index contributed by atoms with van der Waals surface area (Å²) in [6.07, 6.45) is 1.14. The number of thiazole rings is 1. The molecule has 0 amide bonds. The molecule has 0 aromatic carbocycles. The van der Waals surface area contributed by atoms with Gasteiger partial charge in [-0.15, -0.1) is 11.3 Å². The van der Waals surface area contributed by atoms with Gasteiger partial charge in [0.05, 0.1) is 11.2 Å². The molecule has 0 N–H and O–H groups in total. The van der Waals surface area contributed by atoms with Gasteiger partial charge in [-0.2, -0.15) is 0 Å². The van der Waals surface area contributed by atoms with E-state index in [-0.39, 0.29) is 0 Å². The number of aromatic nitrogens is 1. The molecule has 0 unspecified atom stereocenters. The smallest absolute Gasteiger partial charge is 0.0798 e. The molecule has 0 radical (unpaired) electrons. The molecule has 2 heterocycles. The minimum absolute atomic E-state index is 0.667. The molecule has 1 aromatic rings. The highest BCUT2D eigenvalue weighted by molar-refractivity contribution is 7.09. The number of hydrogen-bond acceptors (Lipinski definition) is 3. The molecular weight excluding hydrogens is 168 g/mol. The predicted molar refractivity (Wildman–Crippen MR) is 51.4 cm³/mol. The first-order chi connectivity index (χ1) is 5.77. The second-order valence-corrected chi connectivity index (χ2v) is 4.48. The van der Waals surface area contributed by atoms with Crippen molar-refractivity contribution in [3.8, 4) is 0 Å². The van der Waals surface area contributed by atoms with Gasteiger partial charge >= 0.3 is 0 Å². The minimum atomic E-state index is 0.667. The molecule has 0 saturated heterocycles. The number of rotatable bonds is 1. The van der Waals surface area contributed by atoms with Crippen molar-refractivity contribution in [1.82, 2.24) is 9.88 Å². The minimum Gasteiger partial charge on any atom is -0.295 e. The van der Waals surface area contributed by atoms with Crippen LogP contribution in [-0.2, 0) is 13.0 Å². The molecule has 0 fully saturated rings. The standard InChI is InChI=1S/C9H14N2S/c1-7(2)11-4-3-8-9(5-11)12-6-10-8/h6-7H,3-5H2,1-2H3. The van der Waals surface area contributed by atoms with Gasteiger partial charge in [0.1, 0.15) is 0 Å². The van der Waals surface area contributed by atoms with Gasteiger partial charge in [0.25, 0.3) is 0 Å². The summed E-state index contributed by atoms with van der Waals surface area (Å²) >= 11 is 1.79. The highest BCUT2D eigenvalue weighted by Crippen LogP contribution is 2.22. The maximum absolute atomic E-state index is 4.34. The van der Waals surface area contributed by atoms with E-state index >= 15 is 0 Å². The van der Waals surface area contributed by atoms with E-state index in [0.29, 0.717) is 6.04 Å². The van der Waals surface area contributed by atoms with Crippen molar-refractivity contribution < 1.29 is 0 Å².